The minimum absolute atomic E-state index is 0.152. The van der Waals surface area contributed by atoms with Crippen LogP contribution in [0, 0.1) is 6.92 Å². The van der Waals surface area contributed by atoms with Gasteiger partial charge in [0.25, 0.3) is 15.9 Å². The van der Waals surface area contributed by atoms with E-state index in [0.717, 1.165) is 23.3 Å². The highest BCUT2D eigenvalue weighted by molar-refractivity contribution is 7.92. The molecule has 3 rings (SSSR count). The minimum atomic E-state index is -4.68. The van der Waals surface area contributed by atoms with E-state index >= 15 is 0 Å². The molecule has 0 heterocycles. The number of nitrogens with one attached hydrogen (secondary N) is 1. The van der Waals surface area contributed by atoms with Crippen LogP contribution in [0.1, 0.15) is 30.0 Å². The summed E-state index contributed by atoms with van der Waals surface area (Å²) in [6, 6.07) is 19.3. The number of alkyl halides is 3. The van der Waals surface area contributed by atoms with Crippen LogP contribution in [0.2, 0.25) is 0 Å². The molecule has 10 heteroatoms. The van der Waals surface area contributed by atoms with Crippen molar-refractivity contribution in [2.45, 2.75) is 37.8 Å². The Morgan fingerprint density at radius 3 is 2.28 bits per heavy atom. The smallest absolute Gasteiger partial charge is 0.271 e. The molecule has 36 heavy (non-hydrogen) atoms. The van der Waals surface area contributed by atoms with Gasteiger partial charge in [0.05, 0.1) is 16.1 Å². The zero-order valence-electron chi connectivity index (χ0n) is 19.8. The molecule has 1 N–H and O–H groups in total. The molecule has 3 aromatic carbocycles. The molecule has 0 fully saturated rings. The third-order valence-electron chi connectivity index (χ3n) is 5.35. The highest BCUT2D eigenvalue weighted by Crippen LogP contribution is 2.33. The van der Waals surface area contributed by atoms with E-state index in [-0.39, 0.29) is 10.6 Å². The van der Waals surface area contributed by atoms with Gasteiger partial charge in [-0.05, 0) is 62.6 Å². The van der Waals surface area contributed by atoms with Crippen molar-refractivity contribution in [1.29, 1.82) is 0 Å². The molecule has 0 aliphatic heterocycles. The van der Waals surface area contributed by atoms with Gasteiger partial charge in [0.2, 0.25) is 0 Å². The van der Waals surface area contributed by atoms with E-state index in [9.17, 15) is 26.4 Å². The molecule has 0 saturated carbocycles. The number of nitrogens with zero attached hydrogens (tertiary/aromatic N) is 2. The first-order valence-corrected chi connectivity index (χ1v) is 12.5. The summed E-state index contributed by atoms with van der Waals surface area (Å²) in [7, 11) is -4.36. The van der Waals surface area contributed by atoms with Crippen molar-refractivity contribution in [3.05, 3.63) is 95.6 Å². The Hall–Kier alpha value is -3.66. The summed E-state index contributed by atoms with van der Waals surface area (Å²) in [5.74, 6) is -0.790. The number of halogens is 3. The van der Waals surface area contributed by atoms with Crippen LogP contribution in [0.25, 0.3) is 0 Å². The molecule has 0 bridgehead atoms. The summed E-state index contributed by atoms with van der Waals surface area (Å²) in [6.07, 6.45) is -3.43. The van der Waals surface area contributed by atoms with Crippen molar-refractivity contribution in [2.75, 3.05) is 10.8 Å². The molecular weight excluding hydrogens is 491 g/mol. The molecule has 0 saturated heterocycles. The molecule has 0 aromatic heterocycles. The molecule has 0 atom stereocenters. The van der Waals surface area contributed by atoms with E-state index in [0.29, 0.717) is 28.9 Å². The van der Waals surface area contributed by atoms with Gasteiger partial charge in [-0.1, -0.05) is 54.1 Å². The number of benzene rings is 3. The van der Waals surface area contributed by atoms with Crippen molar-refractivity contribution in [3.8, 4) is 0 Å². The molecular formula is C26H26F3N3O3S. The lowest BCUT2D eigenvalue weighted by Gasteiger charge is -2.24. The zero-order valence-corrected chi connectivity index (χ0v) is 20.6. The predicted octanol–water partition coefficient (Wildman–Crippen LogP) is 5.33. The van der Waals surface area contributed by atoms with Crippen molar-refractivity contribution in [3.63, 3.8) is 0 Å². The topological polar surface area (TPSA) is 78.8 Å². The highest BCUT2D eigenvalue weighted by atomic mass is 32.2. The number of hydrogen-bond donors (Lipinski definition) is 1. The molecule has 0 radical (unpaired) electrons. The Balaban J connectivity index is 1.83. The van der Waals surface area contributed by atoms with Crippen LogP contribution >= 0.6 is 0 Å². The van der Waals surface area contributed by atoms with Crippen LogP contribution in [0.15, 0.2) is 88.9 Å². The Bertz CT molecular complexity index is 1320. The van der Waals surface area contributed by atoms with Crippen LogP contribution in [0.5, 0.6) is 0 Å². The summed E-state index contributed by atoms with van der Waals surface area (Å²) in [5.41, 5.74) is 3.51. The normalized spacial score (nSPS) is 12.3. The number of rotatable bonds is 9. The zero-order chi connectivity index (χ0) is 26.3. The standard InChI is InChI=1S/C26H26F3N3O3S/c1-19-11-15-24(16-12-19)36(34,35)32(23-10-6-9-22(17-23)26(27,28)29)18-25(33)31-30-20(2)13-14-21-7-4-3-5-8-21/h3-12,15-17H,13-14,18H2,1-2H3,(H,31,33)/b30-20-. The second-order valence-electron chi connectivity index (χ2n) is 8.24. The quantitative estimate of drug-likeness (QED) is 0.308. The number of aryl methyl sites for hydroxylation is 2. The van der Waals surface area contributed by atoms with E-state index in [2.05, 4.69) is 10.5 Å². The van der Waals surface area contributed by atoms with Crippen molar-refractivity contribution in [2.24, 2.45) is 5.10 Å². The van der Waals surface area contributed by atoms with Crippen molar-refractivity contribution >= 4 is 27.3 Å². The van der Waals surface area contributed by atoms with Gasteiger partial charge in [-0.2, -0.15) is 18.3 Å². The third-order valence-corrected chi connectivity index (χ3v) is 7.14. The molecule has 0 aliphatic rings. The lowest BCUT2D eigenvalue weighted by atomic mass is 10.1. The molecule has 0 aliphatic carbocycles. The second-order valence-corrected chi connectivity index (χ2v) is 10.1. The summed E-state index contributed by atoms with van der Waals surface area (Å²) in [6.45, 7) is 2.73. The number of carbonyl (C=O) groups excluding carboxylic acids is 1. The van der Waals surface area contributed by atoms with E-state index in [1.807, 2.05) is 30.3 Å². The predicted molar refractivity (Wildman–Crippen MR) is 133 cm³/mol. The largest absolute Gasteiger partial charge is 0.416 e. The van der Waals surface area contributed by atoms with Crippen LogP contribution in [-0.4, -0.2) is 26.6 Å². The van der Waals surface area contributed by atoms with Gasteiger partial charge in [0.15, 0.2) is 0 Å². The SMILES string of the molecule is C/C(CCc1ccccc1)=N/NC(=O)CN(c1cccc(C(F)(F)F)c1)S(=O)(=O)c1ccc(C)cc1. The van der Waals surface area contributed by atoms with E-state index < -0.39 is 34.2 Å². The van der Waals surface area contributed by atoms with Gasteiger partial charge in [0.1, 0.15) is 6.54 Å². The minimum Gasteiger partial charge on any atom is -0.271 e. The van der Waals surface area contributed by atoms with Crippen LogP contribution < -0.4 is 9.73 Å². The van der Waals surface area contributed by atoms with Crippen LogP contribution in [0.3, 0.4) is 0 Å². The lowest BCUT2D eigenvalue weighted by Crippen LogP contribution is -2.39. The lowest BCUT2D eigenvalue weighted by molar-refractivity contribution is -0.137. The first kappa shape index (κ1) is 26.9. The van der Waals surface area contributed by atoms with Gasteiger partial charge >= 0.3 is 6.18 Å². The molecule has 0 spiro atoms. The Morgan fingerprint density at radius 2 is 1.64 bits per heavy atom. The Labute approximate surface area is 208 Å². The van der Waals surface area contributed by atoms with Crippen LogP contribution in [0.4, 0.5) is 18.9 Å². The Kier molecular flexibility index (Phi) is 8.52. The molecule has 190 valence electrons. The number of amides is 1. The first-order chi connectivity index (χ1) is 17.0. The maximum atomic E-state index is 13.4. The van der Waals surface area contributed by atoms with Gasteiger partial charge < -0.3 is 0 Å². The average molecular weight is 518 g/mol. The molecule has 0 unspecified atom stereocenters. The summed E-state index contributed by atoms with van der Waals surface area (Å²) in [5, 5.41) is 4.02. The summed E-state index contributed by atoms with van der Waals surface area (Å²) in [4.78, 5) is 12.5. The average Bonchev–Trinajstić information content (AvgIpc) is 2.85. The van der Waals surface area contributed by atoms with Gasteiger partial charge in [-0.3, -0.25) is 9.10 Å². The first-order valence-electron chi connectivity index (χ1n) is 11.1. The third kappa shape index (κ3) is 7.17. The van der Waals surface area contributed by atoms with Gasteiger partial charge in [-0.15, -0.1) is 0 Å². The number of anilines is 1. The number of hydrazone groups is 1. The monoisotopic (exact) mass is 517 g/mol. The van der Waals surface area contributed by atoms with E-state index in [1.54, 1.807) is 26.0 Å². The molecule has 1 amide bonds. The fraction of sp³-hybridized carbons (Fsp3) is 0.231. The second kappa shape index (κ2) is 11.4. The maximum absolute atomic E-state index is 13.4. The number of hydrogen-bond acceptors (Lipinski definition) is 4. The summed E-state index contributed by atoms with van der Waals surface area (Å²) >= 11 is 0. The maximum Gasteiger partial charge on any atom is 0.416 e. The fourth-order valence-electron chi connectivity index (χ4n) is 3.34. The number of carbonyl (C=O) groups is 1. The Morgan fingerprint density at radius 1 is 0.972 bits per heavy atom. The summed E-state index contributed by atoms with van der Waals surface area (Å²) < 4.78 is 67.3. The van der Waals surface area contributed by atoms with Crippen molar-refractivity contribution < 1.29 is 26.4 Å². The number of sulfonamides is 1. The molecule has 6 nitrogen and oxygen atoms in total. The van der Waals surface area contributed by atoms with E-state index in [4.69, 9.17) is 0 Å². The van der Waals surface area contributed by atoms with Crippen molar-refractivity contribution in [1.82, 2.24) is 5.43 Å². The fourth-order valence-corrected chi connectivity index (χ4v) is 4.75. The van der Waals surface area contributed by atoms with Gasteiger partial charge in [0, 0.05) is 5.71 Å². The van der Waals surface area contributed by atoms with E-state index in [1.165, 1.54) is 18.2 Å². The highest BCUT2D eigenvalue weighted by Gasteiger charge is 2.33. The van der Waals surface area contributed by atoms with Crippen LogP contribution in [-0.2, 0) is 27.4 Å². The molecule has 3 aromatic rings. The van der Waals surface area contributed by atoms with Gasteiger partial charge in [-0.25, -0.2) is 13.8 Å².